The van der Waals surface area contributed by atoms with Gasteiger partial charge in [-0.3, -0.25) is 4.31 Å². The van der Waals surface area contributed by atoms with Crippen molar-refractivity contribution >= 4 is 15.7 Å². The highest BCUT2D eigenvalue weighted by Crippen LogP contribution is 2.34. The van der Waals surface area contributed by atoms with Gasteiger partial charge in [0.05, 0.1) is 24.2 Å². The van der Waals surface area contributed by atoms with Gasteiger partial charge in [0, 0.05) is 5.56 Å². The summed E-state index contributed by atoms with van der Waals surface area (Å²) in [5, 5.41) is 0. The fourth-order valence-electron chi connectivity index (χ4n) is 3.27. The molecule has 0 saturated heterocycles. The van der Waals surface area contributed by atoms with Gasteiger partial charge in [-0.2, -0.15) is 0 Å². The lowest BCUT2D eigenvalue weighted by Gasteiger charge is -2.25. The first-order valence-electron chi connectivity index (χ1n) is 9.73. The van der Waals surface area contributed by atoms with Crippen molar-refractivity contribution in [2.45, 2.75) is 18.4 Å². The zero-order valence-corrected chi connectivity index (χ0v) is 18.0. The highest BCUT2D eigenvalue weighted by molar-refractivity contribution is 7.92. The molecule has 158 valence electrons. The molecule has 4 rings (SSSR count). The van der Waals surface area contributed by atoms with Gasteiger partial charge in [-0.25, -0.2) is 13.4 Å². The van der Waals surface area contributed by atoms with E-state index in [0.29, 0.717) is 28.8 Å². The van der Waals surface area contributed by atoms with Crippen LogP contribution in [0.2, 0.25) is 0 Å². The molecule has 1 heterocycles. The van der Waals surface area contributed by atoms with Crippen LogP contribution in [0, 0.1) is 6.92 Å². The molecule has 4 aromatic rings. The van der Waals surface area contributed by atoms with E-state index in [1.165, 1.54) is 11.4 Å². The lowest BCUT2D eigenvalue weighted by Crippen LogP contribution is -2.31. The average molecular weight is 435 g/mol. The predicted octanol–water partition coefficient (Wildman–Crippen LogP) is 5.05. The standard InChI is InChI=1S/C24H22N2O4S/c1-18-21(25-24(30-18)19-11-5-3-6-12-19)17-26(22-15-9-10-16-23(22)29-2)31(27,28)20-13-7-4-8-14-20/h3-16H,17H2,1-2H3. The molecule has 0 amide bonds. The smallest absolute Gasteiger partial charge is 0.264 e. The molecule has 3 aromatic carbocycles. The van der Waals surface area contributed by atoms with E-state index in [0.717, 1.165) is 5.56 Å². The van der Waals surface area contributed by atoms with Crippen molar-refractivity contribution in [2.75, 3.05) is 11.4 Å². The number of methoxy groups -OCH3 is 1. The second-order valence-electron chi connectivity index (χ2n) is 6.88. The Kier molecular flexibility index (Phi) is 5.77. The third-order valence-electron chi connectivity index (χ3n) is 4.89. The van der Waals surface area contributed by atoms with Crippen molar-refractivity contribution in [3.8, 4) is 17.2 Å². The number of anilines is 1. The Morgan fingerprint density at radius 2 is 1.52 bits per heavy atom. The van der Waals surface area contributed by atoms with Gasteiger partial charge < -0.3 is 9.15 Å². The topological polar surface area (TPSA) is 72.6 Å². The van der Waals surface area contributed by atoms with E-state index < -0.39 is 10.0 Å². The summed E-state index contributed by atoms with van der Waals surface area (Å²) in [5.41, 5.74) is 1.79. The minimum atomic E-state index is -3.89. The highest BCUT2D eigenvalue weighted by atomic mass is 32.2. The minimum Gasteiger partial charge on any atom is -0.495 e. The second-order valence-corrected chi connectivity index (χ2v) is 8.75. The zero-order valence-electron chi connectivity index (χ0n) is 17.2. The van der Waals surface area contributed by atoms with Gasteiger partial charge in [-0.15, -0.1) is 0 Å². The molecule has 0 aliphatic heterocycles. The SMILES string of the molecule is COc1ccccc1N(Cc1nc(-c2ccccc2)oc1C)S(=O)(=O)c1ccccc1. The third kappa shape index (κ3) is 4.18. The summed E-state index contributed by atoms with van der Waals surface area (Å²) in [6.45, 7) is 1.78. The summed E-state index contributed by atoms with van der Waals surface area (Å²) in [6.07, 6.45) is 0. The normalized spacial score (nSPS) is 11.3. The molecule has 0 N–H and O–H groups in total. The van der Waals surface area contributed by atoms with Crippen molar-refractivity contribution in [1.29, 1.82) is 0 Å². The Balaban J connectivity index is 1.80. The maximum atomic E-state index is 13.6. The average Bonchev–Trinajstić information content (AvgIpc) is 3.19. The first-order valence-corrected chi connectivity index (χ1v) is 11.2. The van der Waals surface area contributed by atoms with Crippen LogP contribution in [0.15, 0.2) is 94.2 Å². The lowest BCUT2D eigenvalue weighted by molar-refractivity contribution is 0.415. The van der Waals surface area contributed by atoms with Gasteiger partial charge in [0.1, 0.15) is 17.2 Å². The molecule has 0 saturated carbocycles. The van der Waals surface area contributed by atoms with E-state index in [-0.39, 0.29) is 11.4 Å². The van der Waals surface area contributed by atoms with Crippen LogP contribution < -0.4 is 9.04 Å². The fourth-order valence-corrected chi connectivity index (χ4v) is 4.73. The molecule has 0 spiro atoms. The van der Waals surface area contributed by atoms with Gasteiger partial charge in [0.25, 0.3) is 10.0 Å². The summed E-state index contributed by atoms with van der Waals surface area (Å²) in [5.74, 6) is 1.46. The van der Waals surface area contributed by atoms with Crippen LogP contribution in [0.4, 0.5) is 5.69 Å². The molecule has 0 atom stereocenters. The molecule has 6 nitrogen and oxygen atoms in total. The van der Waals surface area contributed by atoms with Crippen molar-refractivity contribution in [3.05, 3.63) is 96.4 Å². The Bertz CT molecular complexity index is 1270. The number of nitrogens with zero attached hydrogens (tertiary/aromatic N) is 2. The van der Waals surface area contributed by atoms with E-state index in [2.05, 4.69) is 4.98 Å². The molecule has 0 bridgehead atoms. The summed E-state index contributed by atoms with van der Waals surface area (Å²) in [7, 11) is -2.37. The molecule has 0 fully saturated rings. The van der Waals surface area contributed by atoms with Crippen LogP contribution >= 0.6 is 0 Å². The summed E-state index contributed by atoms with van der Waals surface area (Å²) >= 11 is 0. The van der Waals surface area contributed by atoms with Gasteiger partial charge in [0.15, 0.2) is 0 Å². The summed E-state index contributed by atoms with van der Waals surface area (Å²) in [4.78, 5) is 4.78. The monoisotopic (exact) mass is 434 g/mol. The zero-order chi connectivity index (χ0) is 21.8. The number of sulfonamides is 1. The first-order chi connectivity index (χ1) is 15.0. The molecule has 1 aromatic heterocycles. The van der Waals surface area contributed by atoms with Crippen molar-refractivity contribution in [2.24, 2.45) is 0 Å². The van der Waals surface area contributed by atoms with E-state index >= 15 is 0 Å². The van der Waals surface area contributed by atoms with Gasteiger partial charge in [-0.1, -0.05) is 48.5 Å². The predicted molar refractivity (Wildman–Crippen MR) is 119 cm³/mol. The van der Waals surface area contributed by atoms with Crippen molar-refractivity contribution < 1.29 is 17.6 Å². The maximum absolute atomic E-state index is 13.6. The Morgan fingerprint density at radius 3 is 2.19 bits per heavy atom. The van der Waals surface area contributed by atoms with Gasteiger partial charge in [0.2, 0.25) is 5.89 Å². The number of aromatic nitrogens is 1. The van der Waals surface area contributed by atoms with Gasteiger partial charge in [-0.05, 0) is 43.3 Å². The quantitative estimate of drug-likeness (QED) is 0.407. The highest BCUT2D eigenvalue weighted by Gasteiger charge is 2.29. The van der Waals surface area contributed by atoms with Crippen LogP contribution in [0.1, 0.15) is 11.5 Å². The van der Waals surface area contributed by atoms with Gasteiger partial charge >= 0.3 is 0 Å². The lowest BCUT2D eigenvalue weighted by atomic mass is 10.2. The van der Waals surface area contributed by atoms with Crippen molar-refractivity contribution in [3.63, 3.8) is 0 Å². The molecule has 0 radical (unpaired) electrons. The number of ether oxygens (including phenoxy) is 1. The molecule has 0 aliphatic carbocycles. The minimum absolute atomic E-state index is 0.000230. The number of rotatable bonds is 7. The number of hydrogen-bond donors (Lipinski definition) is 0. The number of aryl methyl sites for hydroxylation is 1. The molecule has 31 heavy (non-hydrogen) atoms. The Labute approximate surface area is 181 Å². The van der Waals surface area contributed by atoms with Crippen LogP contribution in [0.5, 0.6) is 5.75 Å². The summed E-state index contributed by atoms with van der Waals surface area (Å²) in [6, 6.07) is 24.8. The van der Waals surface area contributed by atoms with Crippen LogP contribution in [-0.4, -0.2) is 20.5 Å². The molecule has 0 aliphatic rings. The van der Waals surface area contributed by atoms with Crippen molar-refractivity contribution in [1.82, 2.24) is 4.98 Å². The van der Waals surface area contributed by atoms with Crippen LogP contribution in [-0.2, 0) is 16.6 Å². The Hall–Kier alpha value is -3.58. The van der Waals surface area contributed by atoms with E-state index in [9.17, 15) is 8.42 Å². The Morgan fingerprint density at radius 1 is 0.903 bits per heavy atom. The third-order valence-corrected chi connectivity index (χ3v) is 6.67. The second kappa shape index (κ2) is 8.65. The first kappa shape index (κ1) is 20.7. The van der Waals surface area contributed by atoms with Crippen LogP contribution in [0.3, 0.4) is 0 Å². The molecular formula is C24H22N2O4S. The number of oxazole rings is 1. The van der Waals surface area contributed by atoms with Crippen LogP contribution in [0.25, 0.3) is 11.5 Å². The largest absolute Gasteiger partial charge is 0.495 e. The maximum Gasteiger partial charge on any atom is 0.264 e. The number of para-hydroxylation sites is 2. The van der Waals surface area contributed by atoms with E-state index in [1.54, 1.807) is 61.5 Å². The number of benzene rings is 3. The summed E-state index contributed by atoms with van der Waals surface area (Å²) < 4.78 is 39.8. The number of hydrogen-bond acceptors (Lipinski definition) is 5. The van der Waals surface area contributed by atoms with E-state index in [1.807, 2.05) is 30.3 Å². The fraction of sp³-hybridized carbons (Fsp3) is 0.125. The molecule has 0 unspecified atom stereocenters. The van der Waals surface area contributed by atoms with E-state index in [4.69, 9.17) is 9.15 Å². The molecule has 7 heteroatoms. The molecular weight excluding hydrogens is 412 g/mol.